The van der Waals surface area contributed by atoms with Crippen molar-refractivity contribution in [3.63, 3.8) is 0 Å². The largest absolute Gasteiger partial charge is 0.508 e. The van der Waals surface area contributed by atoms with Crippen molar-refractivity contribution in [1.82, 2.24) is 0 Å². The van der Waals surface area contributed by atoms with Crippen LogP contribution in [0.3, 0.4) is 0 Å². The average molecular weight is 256 g/mol. The van der Waals surface area contributed by atoms with Crippen molar-refractivity contribution in [1.29, 1.82) is 0 Å². The van der Waals surface area contributed by atoms with E-state index in [1.165, 1.54) is 6.07 Å². The summed E-state index contributed by atoms with van der Waals surface area (Å²) in [6.07, 6.45) is 0. The lowest BCUT2D eigenvalue weighted by Crippen LogP contribution is -2.13. The predicted molar refractivity (Wildman–Crippen MR) is 75.1 cm³/mol. The lowest BCUT2D eigenvalue weighted by Gasteiger charge is -2.09. The average Bonchev–Trinajstić information content (AvgIpc) is 2.38. The molecule has 0 bridgehead atoms. The molecule has 0 radical (unpaired) electrons. The topological polar surface area (TPSA) is 75.3 Å². The highest BCUT2D eigenvalue weighted by Crippen LogP contribution is 2.18. The summed E-state index contributed by atoms with van der Waals surface area (Å²) in [6, 6.07) is 12.1. The standard InChI is InChI=1S/C15H16N2O2/c1-10-7-13(18)5-6-14(10)15(19)17-12-4-2-3-11(8-12)9-16/h2-8,18H,9,16H2,1H3,(H,17,19). The molecule has 0 saturated heterocycles. The Morgan fingerprint density at radius 3 is 2.74 bits per heavy atom. The molecule has 0 unspecified atom stereocenters. The maximum Gasteiger partial charge on any atom is 0.255 e. The summed E-state index contributed by atoms with van der Waals surface area (Å²) in [5.74, 6) is -0.0501. The molecule has 0 fully saturated rings. The second-order valence-electron chi connectivity index (χ2n) is 4.36. The smallest absolute Gasteiger partial charge is 0.255 e. The highest BCUT2D eigenvalue weighted by atomic mass is 16.3. The van der Waals surface area contributed by atoms with Crippen LogP contribution in [0.5, 0.6) is 5.75 Å². The normalized spacial score (nSPS) is 10.2. The number of hydrogen-bond donors (Lipinski definition) is 3. The minimum absolute atomic E-state index is 0.152. The van der Waals surface area contributed by atoms with Crippen molar-refractivity contribution in [2.75, 3.05) is 5.32 Å². The molecule has 2 aromatic rings. The number of hydrogen-bond acceptors (Lipinski definition) is 3. The number of benzene rings is 2. The van der Waals surface area contributed by atoms with E-state index < -0.39 is 0 Å². The van der Waals surface area contributed by atoms with Crippen LogP contribution in [0.15, 0.2) is 42.5 Å². The van der Waals surface area contributed by atoms with Gasteiger partial charge in [0, 0.05) is 17.8 Å². The second-order valence-corrected chi connectivity index (χ2v) is 4.36. The van der Waals surface area contributed by atoms with Crippen LogP contribution in [0.4, 0.5) is 5.69 Å². The van der Waals surface area contributed by atoms with Crippen LogP contribution in [-0.4, -0.2) is 11.0 Å². The van der Waals surface area contributed by atoms with Crippen LogP contribution < -0.4 is 11.1 Å². The fourth-order valence-electron chi connectivity index (χ4n) is 1.88. The molecule has 0 aliphatic rings. The Bertz CT molecular complexity index is 609. The Labute approximate surface area is 111 Å². The van der Waals surface area contributed by atoms with Crippen molar-refractivity contribution in [2.45, 2.75) is 13.5 Å². The number of amides is 1. The fraction of sp³-hybridized carbons (Fsp3) is 0.133. The van der Waals surface area contributed by atoms with E-state index in [4.69, 9.17) is 5.73 Å². The molecule has 98 valence electrons. The number of phenols is 1. The zero-order chi connectivity index (χ0) is 13.8. The molecular formula is C15H16N2O2. The van der Waals surface area contributed by atoms with Gasteiger partial charge < -0.3 is 16.2 Å². The summed E-state index contributed by atoms with van der Waals surface area (Å²) in [6.45, 7) is 2.22. The van der Waals surface area contributed by atoms with E-state index in [0.717, 1.165) is 11.1 Å². The first kappa shape index (κ1) is 13.1. The van der Waals surface area contributed by atoms with Crippen LogP contribution in [0.1, 0.15) is 21.5 Å². The summed E-state index contributed by atoms with van der Waals surface area (Å²) < 4.78 is 0. The highest BCUT2D eigenvalue weighted by molar-refractivity contribution is 6.05. The third kappa shape index (κ3) is 3.11. The van der Waals surface area contributed by atoms with Crippen LogP contribution in [0.25, 0.3) is 0 Å². The van der Waals surface area contributed by atoms with Gasteiger partial charge in [0.25, 0.3) is 5.91 Å². The van der Waals surface area contributed by atoms with Gasteiger partial charge in [-0.3, -0.25) is 4.79 Å². The Kier molecular flexibility index (Phi) is 3.82. The van der Waals surface area contributed by atoms with Gasteiger partial charge in [0.2, 0.25) is 0 Å². The third-order valence-electron chi connectivity index (χ3n) is 2.88. The molecule has 19 heavy (non-hydrogen) atoms. The van der Waals surface area contributed by atoms with Gasteiger partial charge in [0.1, 0.15) is 5.75 Å². The van der Waals surface area contributed by atoms with Crippen molar-refractivity contribution in [3.8, 4) is 5.75 Å². The van der Waals surface area contributed by atoms with Crippen molar-refractivity contribution in [3.05, 3.63) is 59.2 Å². The number of nitrogens with one attached hydrogen (secondary N) is 1. The van der Waals surface area contributed by atoms with Crippen LogP contribution in [-0.2, 0) is 6.54 Å². The molecule has 0 saturated carbocycles. The fourth-order valence-corrected chi connectivity index (χ4v) is 1.88. The number of phenolic OH excluding ortho intramolecular Hbond substituents is 1. The zero-order valence-electron chi connectivity index (χ0n) is 10.7. The molecule has 0 heterocycles. The molecule has 0 spiro atoms. The van der Waals surface area contributed by atoms with E-state index >= 15 is 0 Å². The molecule has 4 N–H and O–H groups in total. The van der Waals surface area contributed by atoms with E-state index in [2.05, 4.69) is 5.32 Å². The molecule has 0 aliphatic heterocycles. The van der Waals surface area contributed by atoms with Gasteiger partial charge >= 0.3 is 0 Å². The van der Waals surface area contributed by atoms with Crippen LogP contribution in [0, 0.1) is 6.92 Å². The Morgan fingerprint density at radius 2 is 2.05 bits per heavy atom. The number of carbonyl (C=O) groups is 1. The zero-order valence-corrected chi connectivity index (χ0v) is 10.7. The maximum absolute atomic E-state index is 12.1. The van der Waals surface area contributed by atoms with Gasteiger partial charge in [0.15, 0.2) is 0 Å². The number of aryl methyl sites for hydroxylation is 1. The molecular weight excluding hydrogens is 240 g/mol. The number of aromatic hydroxyl groups is 1. The number of nitrogens with two attached hydrogens (primary N) is 1. The maximum atomic E-state index is 12.1. The summed E-state index contributed by atoms with van der Waals surface area (Å²) in [5, 5.41) is 12.1. The molecule has 2 aromatic carbocycles. The lowest BCUT2D eigenvalue weighted by atomic mass is 10.1. The molecule has 1 amide bonds. The van der Waals surface area contributed by atoms with Gasteiger partial charge in [-0.25, -0.2) is 0 Å². The number of rotatable bonds is 3. The highest BCUT2D eigenvalue weighted by Gasteiger charge is 2.09. The summed E-state index contributed by atoms with van der Waals surface area (Å²) in [4.78, 5) is 12.1. The molecule has 4 heteroatoms. The second kappa shape index (κ2) is 5.54. The molecule has 2 rings (SSSR count). The summed E-state index contributed by atoms with van der Waals surface area (Å²) in [7, 11) is 0. The Hall–Kier alpha value is -2.33. The first-order chi connectivity index (χ1) is 9.10. The van der Waals surface area contributed by atoms with Crippen LogP contribution in [0.2, 0.25) is 0 Å². The summed E-state index contributed by atoms with van der Waals surface area (Å²) in [5.41, 5.74) is 8.50. The molecule has 0 aromatic heterocycles. The summed E-state index contributed by atoms with van der Waals surface area (Å²) >= 11 is 0. The van der Waals surface area contributed by atoms with E-state index in [9.17, 15) is 9.90 Å². The van der Waals surface area contributed by atoms with E-state index in [0.29, 0.717) is 17.8 Å². The van der Waals surface area contributed by atoms with Gasteiger partial charge in [-0.1, -0.05) is 12.1 Å². The minimum atomic E-state index is -0.202. The quantitative estimate of drug-likeness (QED) is 0.789. The molecule has 0 aliphatic carbocycles. The molecule has 0 atom stereocenters. The minimum Gasteiger partial charge on any atom is -0.508 e. The molecule has 4 nitrogen and oxygen atoms in total. The first-order valence-corrected chi connectivity index (χ1v) is 6.00. The third-order valence-corrected chi connectivity index (χ3v) is 2.88. The first-order valence-electron chi connectivity index (χ1n) is 6.00. The van der Waals surface area contributed by atoms with E-state index in [1.807, 2.05) is 24.3 Å². The van der Waals surface area contributed by atoms with Gasteiger partial charge in [0.05, 0.1) is 0 Å². The monoisotopic (exact) mass is 256 g/mol. The van der Waals surface area contributed by atoms with E-state index in [1.54, 1.807) is 19.1 Å². The SMILES string of the molecule is Cc1cc(O)ccc1C(=O)Nc1cccc(CN)c1. The van der Waals surface area contributed by atoms with Crippen molar-refractivity contribution < 1.29 is 9.90 Å². The predicted octanol–water partition coefficient (Wildman–Crippen LogP) is 2.41. The Balaban J connectivity index is 2.20. The van der Waals surface area contributed by atoms with Gasteiger partial charge in [-0.05, 0) is 48.4 Å². The van der Waals surface area contributed by atoms with E-state index in [-0.39, 0.29) is 11.7 Å². The van der Waals surface area contributed by atoms with Gasteiger partial charge in [-0.2, -0.15) is 0 Å². The lowest BCUT2D eigenvalue weighted by molar-refractivity contribution is 0.102. The van der Waals surface area contributed by atoms with Gasteiger partial charge in [-0.15, -0.1) is 0 Å². The number of carbonyl (C=O) groups excluding carboxylic acids is 1. The van der Waals surface area contributed by atoms with Crippen LogP contribution >= 0.6 is 0 Å². The van der Waals surface area contributed by atoms with Crippen molar-refractivity contribution in [2.24, 2.45) is 5.73 Å². The van der Waals surface area contributed by atoms with Crippen molar-refractivity contribution >= 4 is 11.6 Å². The number of anilines is 1. The Morgan fingerprint density at radius 1 is 1.26 bits per heavy atom.